The normalized spacial score (nSPS) is 16.9. The lowest BCUT2D eigenvalue weighted by molar-refractivity contribution is -0.119. The summed E-state index contributed by atoms with van der Waals surface area (Å²) in [5.74, 6) is -1.64. The fraction of sp³-hybridized carbons (Fsp3) is 0.348. The second-order valence-electron chi connectivity index (χ2n) is 7.38. The highest BCUT2D eigenvalue weighted by atomic mass is 16.3. The quantitative estimate of drug-likeness (QED) is 0.767. The van der Waals surface area contributed by atoms with Crippen LogP contribution in [0, 0.1) is 5.92 Å². The Kier molecular flexibility index (Phi) is 5.93. The Morgan fingerprint density at radius 3 is 2.46 bits per heavy atom. The van der Waals surface area contributed by atoms with E-state index >= 15 is 0 Å². The van der Waals surface area contributed by atoms with E-state index in [9.17, 15) is 14.7 Å². The number of amides is 1. The van der Waals surface area contributed by atoms with Gasteiger partial charge in [0.15, 0.2) is 11.5 Å². The van der Waals surface area contributed by atoms with Crippen LogP contribution in [0.3, 0.4) is 0 Å². The van der Waals surface area contributed by atoms with Crippen LogP contribution >= 0.6 is 0 Å². The van der Waals surface area contributed by atoms with Gasteiger partial charge in [-0.25, -0.2) is 0 Å². The second kappa shape index (κ2) is 8.38. The minimum Gasteiger partial charge on any atom is -0.503 e. The molecular weight excluding hydrogens is 352 g/mol. The molecule has 1 amide bonds. The van der Waals surface area contributed by atoms with Gasteiger partial charge in [-0.1, -0.05) is 45.4 Å². The number of hydrogen-bond acceptors (Lipinski definition) is 4. The Bertz CT molecular complexity index is 886. The molecule has 146 valence electrons. The fourth-order valence-electron chi connectivity index (χ4n) is 3.46. The Hall–Kier alpha value is -2.95. The summed E-state index contributed by atoms with van der Waals surface area (Å²) in [6.45, 7) is 5.66. The van der Waals surface area contributed by atoms with Gasteiger partial charge in [-0.15, -0.1) is 0 Å². The molecule has 0 radical (unpaired) electrons. The average molecular weight is 378 g/mol. The van der Waals surface area contributed by atoms with Crippen LogP contribution in [0.15, 0.2) is 60.0 Å². The van der Waals surface area contributed by atoms with Crippen LogP contribution in [-0.2, 0) is 16.0 Å². The van der Waals surface area contributed by atoms with Gasteiger partial charge in [-0.05, 0) is 42.7 Å². The number of anilines is 1. The molecule has 0 spiro atoms. The van der Waals surface area contributed by atoms with Crippen LogP contribution in [0.1, 0.15) is 50.9 Å². The van der Waals surface area contributed by atoms with Gasteiger partial charge in [0.1, 0.15) is 6.04 Å². The lowest BCUT2D eigenvalue weighted by Crippen LogP contribution is -2.32. The molecule has 1 aromatic heterocycles. The lowest BCUT2D eigenvalue weighted by Gasteiger charge is -2.26. The van der Waals surface area contributed by atoms with Gasteiger partial charge in [0.2, 0.25) is 0 Å². The van der Waals surface area contributed by atoms with Crippen LogP contribution in [-0.4, -0.2) is 21.8 Å². The molecule has 2 aromatic rings. The molecule has 1 N–H and O–H groups in total. The summed E-state index contributed by atoms with van der Waals surface area (Å²) in [7, 11) is 0. The van der Waals surface area contributed by atoms with Gasteiger partial charge in [0.05, 0.1) is 11.3 Å². The van der Waals surface area contributed by atoms with Crippen molar-refractivity contribution in [2.75, 3.05) is 4.90 Å². The standard InChI is InChI=1S/C23H26N2O3/c1-4-5-8-16-10-12-17(13-11-16)25-20(18-9-6-7-14-24-18)19(21(26)15(2)3)22(27)23(25)28/h6-7,9-15,20,27H,4-5,8H2,1-3H3. The van der Waals surface area contributed by atoms with Gasteiger partial charge in [-0.3, -0.25) is 19.5 Å². The van der Waals surface area contributed by atoms with Gasteiger partial charge in [-0.2, -0.15) is 0 Å². The molecule has 28 heavy (non-hydrogen) atoms. The average Bonchev–Trinajstić information content (AvgIpc) is 2.97. The topological polar surface area (TPSA) is 70.5 Å². The van der Waals surface area contributed by atoms with E-state index < -0.39 is 17.7 Å². The van der Waals surface area contributed by atoms with Crippen LogP contribution in [0.2, 0.25) is 0 Å². The number of aryl methyl sites for hydroxylation is 1. The SMILES string of the molecule is CCCCc1ccc(N2C(=O)C(O)=C(C(=O)C(C)C)C2c2ccccn2)cc1. The molecule has 5 heteroatoms. The molecule has 1 aliphatic rings. The molecule has 0 fully saturated rings. The second-order valence-corrected chi connectivity index (χ2v) is 7.38. The van der Waals surface area contributed by atoms with Crippen molar-refractivity contribution < 1.29 is 14.7 Å². The zero-order valence-electron chi connectivity index (χ0n) is 16.6. The highest BCUT2D eigenvalue weighted by molar-refractivity contribution is 6.16. The summed E-state index contributed by atoms with van der Waals surface area (Å²) in [6.07, 6.45) is 4.83. The van der Waals surface area contributed by atoms with E-state index in [0.717, 1.165) is 19.3 Å². The zero-order valence-corrected chi connectivity index (χ0v) is 16.6. The molecule has 2 heterocycles. The third-order valence-electron chi connectivity index (χ3n) is 5.00. The smallest absolute Gasteiger partial charge is 0.294 e. The number of carbonyl (C=O) groups is 2. The Labute approximate surface area is 165 Å². The third-order valence-corrected chi connectivity index (χ3v) is 5.00. The first-order chi connectivity index (χ1) is 13.5. The van der Waals surface area contributed by atoms with E-state index in [1.54, 1.807) is 32.2 Å². The van der Waals surface area contributed by atoms with E-state index in [0.29, 0.717) is 11.4 Å². The predicted octanol–water partition coefficient (Wildman–Crippen LogP) is 4.55. The van der Waals surface area contributed by atoms with Crippen LogP contribution < -0.4 is 4.90 Å². The van der Waals surface area contributed by atoms with Crippen molar-refractivity contribution in [1.82, 2.24) is 4.98 Å². The largest absolute Gasteiger partial charge is 0.503 e. The van der Waals surface area contributed by atoms with E-state index in [-0.39, 0.29) is 17.3 Å². The number of aliphatic hydroxyl groups excluding tert-OH is 1. The van der Waals surface area contributed by atoms with Crippen molar-refractivity contribution in [1.29, 1.82) is 0 Å². The molecule has 5 nitrogen and oxygen atoms in total. The van der Waals surface area contributed by atoms with E-state index in [1.165, 1.54) is 10.5 Å². The van der Waals surface area contributed by atoms with E-state index in [1.807, 2.05) is 30.3 Å². The summed E-state index contributed by atoms with van der Waals surface area (Å²) < 4.78 is 0. The molecule has 3 rings (SSSR count). The number of unbranched alkanes of at least 4 members (excludes halogenated alkanes) is 1. The molecule has 1 aromatic carbocycles. The fourth-order valence-corrected chi connectivity index (χ4v) is 3.46. The molecule has 1 unspecified atom stereocenters. The summed E-state index contributed by atoms with van der Waals surface area (Å²) in [5, 5.41) is 10.6. The molecule has 0 bridgehead atoms. The maximum atomic E-state index is 12.9. The lowest BCUT2D eigenvalue weighted by atomic mass is 9.93. The molecule has 0 saturated heterocycles. The van der Waals surface area contributed by atoms with Gasteiger partial charge in [0.25, 0.3) is 5.91 Å². The van der Waals surface area contributed by atoms with Crippen molar-refractivity contribution >= 4 is 17.4 Å². The van der Waals surface area contributed by atoms with Crippen LogP contribution in [0.5, 0.6) is 0 Å². The third kappa shape index (κ3) is 3.70. The van der Waals surface area contributed by atoms with Crippen LogP contribution in [0.4, 0.5) is 5.69 Å². The summed E-state index contributed by atoms with van der Waals surface area (Å²) in [4.78, 5) is 31.6. The number of ketones is 1. The number of hydrogen-bond donors (Lipinski definition) is 1. The van der Waals surface area contributed by atoms with Crippen LogP contribution in [0.25, 0.3) is 0 Å². The predicted molar refractivity (Wildman–Crippen MR) is 109 cm³/mol. The van der Waals surface area contributed by atoms with Gasteiger partial charge < -0.3 is 5.11 Å². The summed E-state index contributed by atoms with van der Waals surface area (Å²) in [6, 6.07) is 12.4. The van der Waals surface area contributed by atoms with Gasteiger partial charge >= 0.3 is 0 Å². The van der Waals surface area contributed by atoms with Crippen molar-refractivity contribution in [2.24, 2.45) is 5.92 Å². The first-order valence-electron chi connectivity index (χ1n) is 9.76. The van der Waals surface area contributed by atoms with Crippen molar-refractivity contribution in [3.8, 4) is 0 Å². The maximum absolute atomic E-state index is 12.9. The minimum absolute atomic E-state index is 0.119. The monoisotopic (exact) mass is 378 g/mol. The summed E-state index contributed by atoms with van der Waals surface area (Å²) in [5.41, 5.74) is 2.51. The van der Waals surface area contributed by atoms with E-state index in [2.05, 4.69) is 11.9 Å². The number of Topliss-reactive ketones (excluding diaryl/α,β-unsaturated/α-hetero) is 1. The zero-order chi connectivity index (χ0) is 20.3. The van der Waals surface area contributed by atoms with Crippen molar-refractivity contribution in [3.63, 3.8) is 0 Å². The number of nitrogens with zero attached hydrogens (tertiary/aromatic N) is 2. The Morgan fingerprint density at radius 1 is 1.18 bits per heavy atom. The number of pyridine rings is 1. The Balaban J connectivity index is 2.05. The molecule has 1 atom stereocenters. The van der Waals surface area contributed by atoms with Crippen molar-refractivity contribution in [3.05, 3.63) is 71.3 Å². The summed E-state index contributed by atoms with van der Waals surface area (Å²) >= 11 is 0. The number of rotatable bonds is 7. The number of benzene rings is 1. The van der Waals surface area contributed by atoms with Gasteiger partial charge in [0, 0.05) is 17.8 Å². The maximum Gasteiger partial charge on any atom is 0.294 e. The highest BCUT2D eigenvalue weighted by Crippen LogP contribution is 2.41. The highest BCUT2D eigenvalue weighted by Gasteiger charge is 2.45. The minimum atomic E-state index is -0.731. The number of aliphatic hydroxyl groups is 1. The molecular formula is C23H26N2O3. The molecule has 1 aliphatic heterocycles. The number of aromatic nitrogens is 1. The first-order valence-corrected chi connectivity index (χ1v) is 9.76. The molecule has 0 saturated carbocycles. The van der Waals surface area contributed by atoms with Crippen molar-refractivity contribution in [2.45, 2.75) is 46.1 Å². The first kappa shape index (κ1) is 19.8. The molecule has 0 aliphatic carbocycles. The number of carbonyl (C=O) groups excluding carboxylic acids is 2. The Morgan fingerprint density at radius 2 is 1.89 bits per heavy atom. The van der Waals surface area contributed by atoms with E-state index in [4.69, 9.17) is 0 Å².